The van der Waals surface area contributed by atoms with Crippen molar-refractivity contribution in [1.29, 1.82) is 0 Å². The van der Waals surface area contributed by atoms with Crippen molar-refractivity contribution < 1.29 is 0 Å². The van der Waals surface area contributed by atoms with Gasteiger partial charge in [-0.25, -0.2) is 0 Å². The molecule has 0 bridgehead atoms. The molecule has 3 nitrogen and oxygen atoms in total. The summed E-state index contributed by atoms with van der Waals surface area (Å²) >= 11 is 0. The molecule has 0 spiro atoms. The summed E-state index contributed by atoms with van der Waals surface area (Å²) in [5.41, 5.74) is 9.53. The zero-order valence-electron chi connectivity index (χ0n) is 4.26. The standard InChI is InChI=1S/C5H6N3/c6-5-3-1-2-4-7-8-5/h1-4,6-7H. The monoisotopic (exact) mass is 108 g/mol. The first-order chi connectivity index (χ1) is 3.89. The molecule has 41 valence electrons. The summed E-state index contributed by atoms with van der Waals surface area (Å²) in [5.74, 6) is 0.245. The first kappa shape index (κ1) is 4.90. The third-order valence-corrected chi connectivity index (χ3v) is 0.721. The van der Waals surface area contributed by atoms with Crippen molar-refractivity contribution in [2.45, 2.75) is 0 Å². The minimum atomic E-state index is 0.245. The van der Waals surface area contributed by atoms with E-state index in [-0.39, 0.29) is 5.84 Å². The fourth-order valence-electron chi connectivity index (χ4n) is 0.389. The van der Waals surface area contributed by atoms with Gasteiger partial charge in [-0.2, -0.15) is 5.10 Å². The second-order valence-electron chi connectivity index (χ2n) is 1.34. The average molecular weight is 108 g/mol. The highest BCUT2D eigenvalue weighted by Crippen LogP contribution is 1.81. The topological polar surface area (TPSA) is 48.2 Å². The third kappa shape index (κ3) is 1.11. The molecule has 1 radical (unpaired) electrons. The second kappa shape index (κ2) is 2.16. The normalized spacial score (nSPS) is 16.8. The van der Waals surface area contributed by atoms with Gasteiger partial charge in [0.05, 0.1) is 0 Å². The van der Waals surface area contributed by atoms with Crippen molar-refractivity contribution in [2.24, 2.45) is 5.10 Å². The van der Waals surface area contributed by atoms with Crippen LogP contribution in [0.4, 0.5) is 0 Å². The molecule has 1 aliphatic heterocycles. The van der Waals surface area contributed by atoms with Crippen LogP contribution in [-0.4, -0.2) is 5.84 Å². The first-order valence-corrected chi connectivity index (χ1v) is 2.27. The first-order valence-electron chi connectivity index (χ1n) is 2.27. The number of hydrazone groups is 1. The van der Waals surface area contributed by atoms with Gasteiger partial charge in [0.25, 0.3) is 0 Å². The van der Waals surface area contributed by atoms with E-state index in [0.717, 1.165) is 0 Å². The Balaban J connectivity index is 2.69. The van der Waals surface area contributed by atoms with Gasteiger partial charge in [0, 0.05) is 6.20 Å². The summed E-state index contributed by atoms with van der Waals surface area (Å²) in [6.07, 6.45) is 6.81. The molecule has 0 saturated carbocycles. The van der Waals surface area contributed by atoms with Crippen LogP contribution < -0.4 is 11.2 Å². The van der Waals surface area contributed by atoms with Gasteiger partial charge < -0.3 is 0 Å². The molecule has 0 fully saturated rings. The van der Waals surface area contributed by atoms with E-state index in [9.17, 15) is 0 Å². The van der Waals surface area contributed by atoms with Crippen LogP contribution in [0.3, 0.4) is 0 Å². The molecule has 2 N–H and O–H groups in total. The molecule has 0 aliphatic carbocycles. The Labute approximate surface area is 47.6 Å². The van der Waals surface area contributed by atoms with Crippen LogP contribution >= 0.6 is 0 Å². The highest BCUT2D eigenvalue weighted by Gasteiger charge is 1.83. The van der Waals surface area contributed by atoms with Gasteiger partial charge in [-0.1, -0.05) is 6.08 Å². The number of amidine groups is 1. The van der Waals surface area contributed by atoms with Gasteiger partial charge in [0.15, 0.2) is 5.84 Å². The number of hydrogen-bond acceptors (Lipinski definition) is 2. The zero-order chi connectivity index (χ0) is 5.82. The number of nitrogens with zero attached hydrogens (tertiary/aromatic N) is 1. The molecule has 0 aromatic carbocycles. The maximum Gasteiger partial charge on any atom is 0.164 e. The fraction of sp³-hybridized carbons (Fsp3) is 0. The highest BCUT2D eigenvalue weighted by atomic mass is 15.3. The van der Waals surface area contributed by atoms with Gasteiger partial charge in [-0.15, -0.1) is 0 Å². The summed E-state index contributed by atoms with van der Waals surface area (Å²) in [7, 11) is 0. The van der Waals surface area contributed by atoms with Gasteiger partial charge >= 0.3 is 0 Å². The second-order valence-corrected chi connectivity index (χ2v) is 1.34. The third-order valence-electron chi connectivity index (χ3n) is 0.721. The van der Waals surface area contributed by atoms with Crippen molar-refractivity contribution in [3.05, 3.63) is 24.4 Å². The van der Waals surface area contributed by atoms with Crippen LogP contribution in [0.25, 0.3) is 0 Å². The number of allylic oxidation sites excluding steroid dienone is 2. The van der Waals surface area contributed by atoms with Crippen LogP contribution in [0.1, 0.15) is 0 Å². The average Bonchev–Trinajstić information content (AvgIpc) is 1.94. The SMILES string of the molecule is [NH]C1=NNC=CC=C1. The molecule has 0 atom stereocenters. The molecule has 8 heavy (non-hydrogen) atoms. The van der Waals surface area contributed by atoms with Crippen molar-refractivity contribution >= 4 is 5.84 Å². The molecule has 1 heterocycles. The molecular weight excluding hydrogens is 102 g/mol. The van der Waals surface area contributed by atoms with E-state index in [2.05, 4.69) is 10.5 Å². The molecule has 0 unspecified atom stereocenters. The smallest absolute Gasteiger partial charge is 0.164 e. The molecular formula is C5H6N3. The maximum atomic E-state index is 6.97. The van der Waals surface area contributed by atoms with Crippen molar-refractivity contribution in [3.63, 3.8) is 0 Å². The van der Waals surface area contributed by atoms with Crippen molar-refractivity contribution in [2.75, 3.05) is 0 Å². The number of hydrogen-bond donors (Lipinski definition) is 1. The van der Waals surface area contributed by atoms with E-state index in [1.165, 1.54) is 0 Å². The molecule has 0 aromatic heterocycles. The van der Waals surface area contributed by atoms with Crippen molar-refractivity contribution in [1.82, 2.24) is 11.2 Å². The minimum Gasteiger partial charge on any atom is -0.284 e. The lowest BCUT2D eigenvalue weighted by Gasteiger charge is -1.84. The molecule has 0 saturated heterocycles. The Morgan fingerprint density at radius 2 is 2.38 bits per heavy atom. The Bertz CT molecular complexity index is 152. The lowest BCUT2D eigenvalue weighted by molar-refractivity contribution is 0.967. The van der Waals surface area contributed by atoms with Gasteiger partial charge in [-0.3, -0.25) is 11.2 Å². The number of nitrogens with one attached hydrogen (secondary N) is 2. The van der Waals surface area contributed by atoms with Gasteiger partial charge in [0.2, 0.25) is 0 Å². The molecule has 0 amide bonds. The maximum absolute atomic E-state index is 6.97. The van der Waals surface area contributed by atoms with Crippen LogP contribution in [0.15, 0.2) is 29.5 Å². The largest absolute Gasteiger partial charge is 0.284 e. The van der Waals surface area contributed by atoms with Crippen LogP contribution in [0, 0.1) is 0 Å². The predicted molar refractivity (Wildman–Crippen MR) is 31.9 cm³/mol. The van der Waals surface area contributed by atoms with E-state index in [1.54, 1.807) is 24.4 Å². The Morgan fingerprint density at radius 3 is 3.25 bits per heavy atom. The zero-order valence-corrected chi connectivity index (χ0v) is 4.26. The lowest BCUT2D eigenvalue weighted by atomic mass is 10.5. The fourth-order valence-corrected chi connectivity index (χ4v) is 0.389. The van der Waals surface area contributed by atoms with E-state index >= 15 is 0 Å². The summed E-state index contributed by atoms with van der Waals surface area (Å²) in [6, 6.07) is 0. The summed E-state index contributed by atoms with van der Waals surface area (Å²) in [6.45, 7) is 0. The quantitative estimate of drug-likeness (QED) is 0.475. The Kier molecular flexibility index (Phi) is 1.32. The number of rotatable bonds is 0. The highest BCUT2D eigenvalue weighted by molar-refractivity contribution is 5.90. The lowest BCUT2D eigenvalue weighted by Crippen LogP contribution is -1.99. The summed E-state index contributed by atoms with van der Waals surface area (Å²) in [5, 5.41) is 3.58. The van der Waals surface area contributed by atoms with Crippen LogP contribution in [-0.2, 0) is 0 Å². The van der Waals surface area contributed by atoms with Gasteiger partial charge in [0.1, 0.15) is 0 Å². The van der Waals surface area contributed by atoms with E-state index in [0.29, 0.717) is 0 Å². The van der Waals surface area contributed by atoms with Gasteiger partial charge in [-0.05, 0) is 12.2 Å². The molecule has 1 rings (SSSR count). The minimum absolute atomic E-state index is 0.245. The van der Waals surface area contributed by atoms with E-state index in [1.807, 2.05) is 0 Å². The molecule has 0 aromatic rings. The molecule has 3 heteroatoms. The summed E-state index contributed by atoms with van der Waals surface area (Å²) in [4.78, 5) is 0. The Hall–Kier alpha value is -1.25. The van der Waals surface area contributed by atoms with E-state index in [4.69, 9.17) is 5.73 Å². The van der Waals surface area contributed by atoms with Crippen LogP contribution in [0.2, 0.25) is 0 Å². The Morgan fingerprint density at radius 1 is 1.50 bits per heavy atom. The predicted octanol–water partition coefficient (Wildman–Crippen LogP) is 0.256. The summed E-state index contributed by atoms with van der Waals surface area (Å²) < 4.78 is 0. The van der Waals surface area contributed by atoms with E-state index < -0.39 is 0 Å². The van der Waals surface area contributed by atoms with Crippen molar-refractivity contribution in [3.8, 4) is 0 Å². The van der Waals surface area contributed by atoms with Crippen LogP contribution in [0.5, 0.6) is 0 Å². The molecule has 1 aliphatic rings.